The molecule has 128 valence electrons. The van der Waals surface area contributed by atoms with Gasteiger partial charge >= 0.3 is 5.97 Å². The lowest BCUT2D eigenvalue weighted by Gasteiger charge is -2.52. The van der Waals surface area contributed by atoms with Crippen LogP contribution in [0.4, 0.5) is 0 Å². The van der Waals surface area contributed by atoms with Crippen LogP contribution in [0, 0.1) is 11.8 Å². The molecule has 3 aliphatic rings. The second-order valence-electron chi connectivity index (χ2n) is 7.56. The number of amides is 1. The molecule has 1 aromatic carbocycles. The topological polar surface area (TPSA) is 60.9 Å². The summed E-state index contributed by atoms with van der Waals surface area (Å²) in [6.45, 7) is 3.88. The van der Waals surface area contributed by atoms with E-state index in [9.17, 15) is 9.59 Å². The highest BCUT2D eigenvalue weighted by molar-refractivity contribution is 5.87. The summed E-state index contributed by atoms with van der Waals surface area (Å²) in [6, 6.07) is 7.65. The van der Waals surface area contributed by atoms with Crippen molar-refractivity contribution >= 4 is 11.9 Å². The molecule has 1 N–H and O–H groups in total. The molecular weight excluding hydrogens is 304 g/mol. The van der Waals surface area contributed by atoms with Gasteiger partial charge in [0.05, 0.1) is 5.56 Å². The first-order valence-corrected chi connectivity index (χ1v) is 8.94. The molecule has 3 heterocycles. The van der Waals surface area contributed by atoms with Crippen molar-refractivity contribution in [3.05, 3.63) is 35.4 Å². The second kappa shape index (κ2) is 6.20. The quantitative estimate of drug-likeness (QED) is 0.924. The Labute approximate surface area is 142 Å². The number of carboxylic acid groups (broad SMARTS) is 1. The van der Waals surface area contributed by atoms with Gasteiger partial charge in [-0.25, -0.2) is 4.79 Å². The molecule has 0 unspecified atom stereocenters. The fourth-order valence-corrected chi connectivity index (χ4v) is 4.85. The highest BCUT2D eigenvalue weighted by atomic mass is 16.4. The number of likely N-dealkylation sites (tertiary alicyclic amines) is 1. The smallest absolute Gasteiger partial charge is 0.335 e. The molecule has 0 spiro atoms. The van der Waals surface area contributed by atoms with Crippen LogP contribution in [0.2, 0.25) is 0 Å². The minimum Gasteiger partial charge on any atom is -0.478 e. The van der Waals surface area contributed by atoms with Crippen LogP contribution in [0.15, 0.2) is 24.3 Å². The summed E-state index contributed by atoms with van der Waals surface area (Å²) in [5, 5.41) is 8.99. The Kier molecular flexibility index (Phi) is 4.04. The summed E-state index contributed by atoms with van der Waals surface area (Å²) in [4.78, 5) is 27.8. The van der Waals surface area contributed by atoms with Crippen LogP contribution in [0.3, 0.4) is 0 Å². The van der Waals surface area contributed by atoms with Gasteiger partial charge in [-0.1, -0.05) is 12.1 Å². The van der Waals surface area contributed by atoms with E-state index in [1.54, 1.807) is 12.1 Å². The minimum atomic E-state index is -0.879. The number of benzene rings is 1. The van der Waals surface area contributed by atoms with Gasteiger partial charge in [-0.3, -0.25) is 9.69 Å². The molecule has 3 atom stereocenters. The zero-order valence-electron chi connectivity index (χ0n) is 13.9. The van der Waals surface area contributed by atoms with Crippen molar-refractivity contribution in [2.45, 2.75) is 38.3 Å². The van der Waals surface area contributed by atoms with E-state index in [0.29, 0.717) is 29.3 Å². The Hall–Kier alpha value is -1.88. The molecule has 3 saturated heterocycles. The number of carbonyl (C=O) groups is 2. The summed E-state index contributed by atoms with van der Waals surface area (Å²) < 4.78 is 0. The zero-order chi connectivity index (χ0) is 16.7. The summed E-state index contributed by atoms with van der Waals surface area (Å²) >= 11 is 0. The number of hydrogen-bond donors (Lipinski definition) is 1. The fraction of sp³-hybridized carbons (Fsp3) is 0.579. The molecule has 0 saturated carbocycles. The molecule has 1 amide bonds. The first-order valence-electron chi connectivity index (χ1n) is 8.94. The van der Waals surface area contributed by atoms with Gasteiger partial charge in [0.2, 0.25) is 5.91 Å². The third-order valence-electron chi connectivity index (χ3n) is 5.86. The average molecular weight is 328 g/mol. The Balaban J connectivity index is 1.43. The SMILES string of the molecule is O=C(O)c1ccc(CN2C[C@H]3C[C@H](C2)[C@@H]2CCCC(=O)N2C3)cc1. The number of carboxylic acids is 1. The molecule has 3 fully saturated rings. The van der Waals surface area contributed by atoms with Gasteiger partial charge < -0.3 is 10.0 Å². The summed E-state index contributed by atoms with van der Waals surface area (Å²) in [5.41, 5.74) is 1.50. The van der Waals surface area contributed by atoms with E-state index in [2.05, 4.69) is 9.80 Å². The van der Waals surface area contributed by atoms with Crippen molar-refractivity contribution in [3.63, 3.8) is 0 Å². The molecule has 3 aliphatic heterocycles. The molecule has 0 aliphatic carbocycles. The van der Waals surface area contributed by atoms with Crippen molar-refractivity contribution in [3.8, 4) is 0 Å². The molecule has 5 heteroatoms. The Bertz CT molecular complexity index is 643. The Morgan fingerprint density at radius 2 is 1.96 bits per heavy atom. The molecule has 1 aromatic rings. The lowest BCUT2D eigenvalue weighted by Crippen LogP contribution is -2.60. The third kappa shape index (κ3) is 2.93. The molecule has 5 nitrogen and oxygen atoms in total. The van der Waals surface area contributed by atoms with Crippen LogP contribution in [0.5, 0.6) is 0 Å². The lowest BCUT2D eigenvalue weighted by atomic mass is 9.76. The second-order valence-corrected chi connectivity index (χ2v) is 7.56. The number of rotatable bonds is 3. The number of aromatic carboxylic acids is 1. The number of piperidine rings is 3. The van der Waals surface area contributed by atoms with Crippen LogP contribution < -0.4 is 0 Å². The number of fused-ring (bicyclic) bond motifs is 4. The number of hydrogen-bond acceptors (Lipinski definition) is 3. The van der Waals surface area contributed by atoms with Crippen molar-refractivity contribution in [1.82, 2.24) is 9.80 Å². The Morgan fingerprint density at radius 1 is 1.17 bits per heavy atom. The highest BCUT2D eigenvalue weighted by Crippen LogP contribution is 2.38. The first-order chi connectivity index (χ1) is 11.6. The number of carbonyl (C=O) groups excluding carboxylic acids is 1. The van der Waals surface area contributed by atoms with Crippen LogP contribution in [-0.2, 0) is 11.3 Å². The lowest BCUT2D eigenvalue weighted by molar-refractivity contribution is -0.145. The van der Waals surface area contributed by atoms with Crippen molar-refractivity contribution < 1.29 is 14.7 Å². The van der Waals surface area contributed by atoms with E-state index in [1.165, 1.54) is 6.42 Å². The average Bonchev–Trinajstić information content (AvgIpc) is 2.56. The Morgan fingerprint density at radius 3 is 2.71 bits per heavy atom. The van der Waals surface area contributed by atoms with Crippen LogP contribution in [0.1, 0.15) is 41.6 Å². The maximum atomic E-state index is 12.2. The largest absolute Gasteiger partial charge is 0.478 e. The van der Waals surface area contributed by atoms with E-state index < -0.39 is 5.97 Å². The van der Waals surface area contributed by atoms with E-state index in [-0.39, 0.29) is 0 Å². The van der Waals surface area contributed by atoms with Gasteiger partial charge in [0.15, 0.2) is 0 Å². The molecule has 24 heavy (non-hydrogen) atoms. The monoisotopic (exact) mass is 328 g/mol. The molecule has 0 aromatic heterocycles. The van der Waals surface area contributed by atoms with E-state index >= 15 is 0 Å². The van der Waals surface area contributed by atoms with E-state index in [1.807, 2.05) is 12.1 Å². The van der Waals surface area contributed by atoms with Gasteiger partial charge in [-0.05, 0) is 48.8 Å². The molecule has 2 bridgehead atoms. The first kappa shape index (κ1) is 15.6. The highest BCUT2D eigenvalue weighted by Gasteiger charge is 2.43. The van der Waals surface area contributed by atoms with Gasteiger partial charge in [0, 0.05) is 38.6 Å². The van der Waals surface area contributed by atoms with Crippen molar-refractivity contribution in [1.29, 1.82) is 0 Å². The van der Waals surface area contributed by atoms with Gasteiger partial charge in [-0.15, -0.1) is 0 Å². The van der Waals surface area contributed by atoms with Crippen molar-refractivity contribution in [2.24, 2.45) is 11.8 Å². The molecule has 4 rings (SSSR count). The number of nitrogens with zero attached hydrogens (tertiary/aromatic N) is 2. The normalized spacial score (nSPS) is 30.1. The third-order valence-corrected chi connectivity index (χ3v) is 5.86. The van der Waals surface area contributed by atoms with Crippen LogP contribution in [0.25, 0.3) is 0 Å². The minimum absolute atomic E-state index is 0.339. The van der Waals surface area contributed by atoms with Crippen molar-refractivity contribution in [2.75, 3.05) is 19.6 Å². The standard InChI is InChI=1S/C19H24N2O3/c22-18-3-1-2-17-16-8-14(11-21(17)18)10-20(12-16)9-13-4-6-15(7-5-13)19(23)24/h4-7,14,16-17H,1-3,8-12H2,(H,23,24)/t14-,16-,17+/m1/s1. The van der Waals surface area contributed by atoms with E-state index in [0.717, 1.165) is 51.0 Å². The predicted molar refractivity (Wildman–Crippen MR) is 89.6 cm³/mol. The summed E-state index contributed by atoms with van der Waals surface area (Å²) in [7, 11) is 0. The fourth-order valence-electron chi connectivity index (χ4n) is 4.85. The predicted octanol–water partition coefficient (Wildman–Crippen LogP) is 2.22. The molecular formula is C19H24N2O3. The molecule has 0 radical (unpaired) electrons. The van der Waals surface area contributed by atoms with E-state index in [4.69, 9.17) is 5.11 Å². The summed E-state index contributed by atoms with van der Waals surface area (Å²) in [6.07, 6.45) is 4.18. The van der Waals surface area contributed by atoms with Crippen LogP contribution in [-0.4, -0.2) is 52.5 Å². The maximum absolute atomic E-state index is 12.2. The van der Waals surface area contributed by atoms with Crippen LogP contribution >= 0.6 is 0 Å². The summed E-state index contributed by atoms with van der Waals surface area (Å²) in [5.74, 6) is 0.662. The van der Waals surface area contributed by atoms with Gasteiger partial charge in [0.25, 0.3) is 0 Å². The van der Waals surface area contributed by atoms with Gasteiger partial charge in [0.1, 0.15) is 0 Å². The van der Waals surface area contributed by atoms with Gasteiger partial charge in [-0.2, -0.15) is 0 Å². The maximum Gasteiger partial charge on any atom is 0.335 e. The zero-order valence-corrected chi connectivity index (χ0v) is 13.9.